The maximum absolute atomic E-state index is 5.35. The van der Waals surface area contributed by atoms with E-state index in [0.29, 0.717) is 17.6 Å². The van der Waals surface area contributed by atoms with E-state index in [-0.39, 0.29) is 0 Å². The van der Waals surface area contributed by atoms with Crippen molar-refractivity contribution >= 4 is 54.4 Å². The van der Waals surface area contributed by atoms with Crippen molar-refractivity contribution in [2.75, 3.05) is 0 Å². The van der Waals surface area contributed by atoms with E-state index in [4.69, 9.17) is 15.0 Å². The molecule has 9 aromatic carbocycles. The van der Waals surface area contributed by atoms with Crippen molar-refractivity contribution in [3.63, 3.8) is 0 Å². The third kappa shape index (κ3) is 5.44. The molecule has 0 saturated carbocycles. The highest BCUT2D eigenvalue weighted by molar-refractivity contribution is 6.33. The van der Waals surface area contributed by atoms with Crippen LogP contribution in [0.25, 0.3) is 111 Å². The van der Waals surface area contributed by atoms with Gasteiger partial charge in [-0.3, -0.25) is 4.57 Å². The molecule has 0 amide bonds. The Kier molecular flexibility index (Phi) is 7.78. The standard InChI is InChI=1S/C55H35N5/c1-4-15-36(16-5-1)38-27-30-43(31-28-38)59-46-26-13-12-25-45(46)51-47(59)33-34-49-52(51)50-44-24-11-10-19-39(44)29-32-48(50)60(49)55-57-53(40-20-8-3-9-21-40)56-54(58-55)42-23-14-22-41(35-42)37-17-6-2-7-18-37/h1-35H. The van der Waals surface area contributed by atoms with Gasteiger partial charge in [-0.2, -0.15) is 9.97 Å². The second kappa shape index (κ2) is 13.8. The molecule has 0 bridgehead atoms. The van der Waals surface area contributed by atoms with Gasteiger partial charge >= 0.3 is 0 Å². The van der Waals surface area contributed by atoms with Crippen LogP contribution in [-0.4, -0.2) is 24.1 Å². The first kappa shape index (κ1) is 33.9. The first-order chi connectivity index (χ1) is 29.8. The van der Waals surface area contributed by atoms with Crippen molar-refractivity contribution in [1.29, 1.82) is 0 Å². The van der Waals surface area contributed by atoms with Crippen molar-refractivity contribution in [2.24, 2.45) is 0 Å². The zero-order valence-corrected chi connectivity index (χ0v) is 32.4. The van der Waals surface area contributed by atoms with E-state index in [2.05, 4.69) is 197 Å². The molecule has 0 aliphatic heterocycles. The van der Waals surface area contributed by atoms with E-state index in [0.717, 1.165) is 50.0 Å². The lowest BCUT2D eigenvalue weighted by Crippen LogP contribution is -2.06. The molecule has 5 heteroatoms. The summed E-state index contributed by atoms with van der Waals surface area (Å²) in [4.78, 5) is 15.8. The molecule has 0 atom stereocenters. The molecule has 0 N–H and O–H groups in total. The van der Waals surface area contributed by atoms with Gasteiger partial charge < -0.3 is 4.57 Å². The van der Waals surface area contributed by atoms with Gasteiger partial charge in [-0.05, 0) is 75.5 Å². The maximum atomic E-state index is 5.35. The fourth-order valence-electron chi connectivity index (χ4n) is 9.03. The summed E-state index contributed by atoms with van der Waals surface area (Å²) in [5, 5.41) is 7.10. The topological polar surface area (TPSA) is 48.5 Å². The predicted molar refractivity (Wildman–Crippen MR) is 248 cm³/mol. The van der Waals surface area contributed by atoms with Crippen LogP contribution in [0.15, 0.2) is 212 Å². The lowest BCUT2D eigenvalue weighted by molar-refractivity contribution is 0.954. The lowest BCUT2D eigenvalue weighted by atomic mass is 10.0. The molecular weight excluding hydrogens is 731 g/mol. The quantitative estimate of drug-likeness (QED) is 0.169. The molecule has 0 radical (unpaired) electrons. The second-order valence-corrected chi connectivity index (χ2v) is 15.2. The number of aromatic nitrogens is 5. The van der Waals surface area contributed by atoms with Gasteiger partial charge in [0.2, 0.25) is 5.95 Å². The highest BCUT2D eigenvalue weighted by Crippen LogP contribution is 2.44. The summed E-state index contributed by atoms with van der Waals surface area (Å²) in [6.45, 7) is 0. The number of hydrogen-bond acceptors (Lipinski definition) is 3. The van der Waals surface area contributed by atoms with E-state index in [1.165, 1.54) is 43.4 Å². The van der Waals surface area contributed by atoms with E-state index < -0.39 is 0 Å². The lowest BCUT2D eigenvalue weighted by Gasteiger charge is -2.12. The Bertz CT molecular complexity index is 3570. The average Bonchev–Trinajstić information content (AvgIpc) is 3.86. The van der Waals surface area contributed by atoms with Crippen molar-refractivity contribution < 1.29 is 0 Å². The third-order valence-corrected chi connectivity index (χ3v) is 11.8. The summed E-state index contributed by atoms with van der Waals surface area (Å²) >= 11 is 0. The Hall–Kier alpha value is -8.15. The number of para-hydroxylation sites is 1. The maximum Gasteiger partial charge on any atom is 0.238 e. The van der Waals surface area contributed by atoms with Crippen molar-refractivity contribution in [2.45, 2.75) is 0 Å². The fourth-order valence-corrected chi connectivity index (χ4v) is 9.03. The average molecular weight is 766 g/mol. The zero-order chi connectivity index (χ0) is 39.6. The van der Waals surface area contributed by atoms with Crippen molar-refractivity contribution in [3.05, 3.63) is 212 Å². The third-order valence-electron chi connectivity index (χ3n) is 11.8. The number of fused-ring (bicyclic) bond motifs is 9. The molecule has 0 saturated heterocycles. The van der Waals surface area contributed by atoms with E-state index in [1.54, 1.807) is 0 Å². The van der Waals surface area contributed by atoms with Gasteiger partial charge in [-0.1, -0.05) is 170 Å². The minimum absolute atomic E-state index is 0.568. The molecule has 12 aromatic rings. The van der Waals surface area contributed by atoms with Crippen LogP contribution < -0.4 is 0 Å². The van der Waals surface area contributed by atoms with Crippen LogP contribution in [0, 0.1) is 0 Å². The van der Waals surface area contributed by atoms with Gasteiger partial charge in [0.15, 0.2) is 11.6 Å². The van der Waals surface area contributed by atoms with Gasteiger partial charge in [0.05, 0.1) is 22.1 Å². The molecule has 12 rings (SSSR count). The molecule has 0 unspecified atom stereocenters. The summed E-state index contributed by atoms with van der Waals surface area (Å²) < 4.78 is 4.65. The number of hydrogen-bond donors (Lipinski definition) is 0. The smallest absolute Gasteiger partial charge is 0.238 e. The first-order valence-electron chi connectivity index (χ1n) is 20.3. The van der Waals surface area contributed by atoms with Gasteiger partial charge in [-0.15, -0.1) is 0 Å². The molecule has 0 fully saturated rings. The van der Waals surface area contributed by atoms with Gasteiger partial charge in [0, 0.05) is 38.4 Å². The van der Waals surface area contributed by atoms with Crippen LogP contribution in [0.1, 0.15) is 0 Å². The molecule has 5 nitrogen and oxygen atoms in total. The molecule has 3 heterocycles. The molecule has 0 aliphatic rings. The van der Waals surface area contributed by atoms with E-state index in [9.17, 15) is 0 Å². The monoisotopic (exact) mass is 765 g/mol. The van der Waals surface area contributed by atoms with Crippen LogP contribution in [0.3, 0.4) is 0 Å². The number of benzene rings is 9. The van der Waals surface area contributed by atoms with Crippen molar-refractivity contribution in [3.8, 4) is 56.7 Å². The summed E-state index contributed by atoms with van der Waals surface area (Å²) in [5.74, 6) is 1.80. The SMILES string of the molecule is c1ccc(-c2ccc(-n3c4ccccc4c4c5c6c7ccccc7ccc6n(-c6nc(-c7ccccc7)nc(-c7cccc(-c8ccccc8)c7)n6)c5ccc43)cc2)cc1. The highest BCUT2D eigenvalue weighted by atomic mass is 15.2. The Morgan fingerprint density at radius 2 is 0.783 bits per heavy atom. The Labute approximate surface area is 346 Å². The Morgan fingerprint density at radius 3 is 1.52 bits per heavy atom. The molecule has 280 valence electrons. The minimum atomic E-state index is 0.568. The van der Waals surface area contributed by atoms with Gasteiger partial charge in [0.1, 0.15) is 0 Å². The predicted octanol–water partition coefficient (Wildman–Crippen LogP) is 13.9. The first-order valence-corrected chi connectivity index (χ1v) is 20.3. The fraction of sp³-hybridized carbons (Fsp3) is 0. The largest absolute Gasteiger partial charge is 0.309 e. The van der Waals surface area contributed by atoms with Crippen LogP contribution in [0.2, 0.25) is 0 Å². The molecule has 60 heavy (non-hydrogen) atoms. The molecule has 0 aliphatic carbocycles. The minimum Gasteiger partial charge on any atom is -0.309 e. The summed E-state index contributed by atoms with van der Waals surface area (Å²) in [6.07, 6.45) is 0. The van der Waals surface area contributed by atoms with Crippen LogP contribution in [-0.2, 0) is 0 Å². The van der Waals surface area contributed by atoms with E-state index >= 15 is 0 Å². The summed E-state index contributed by atoms with van der Waals surface area (Å²) in [6, 6.07) is 75.0. The number of nitrogens with zero attached hydrogens (tertiary/aromatic N) is 5. The van der Waals surface area contributed by atoms with E-state index in [1.807, 2.05) is 24.3 Å². The number of rotatable bonds is 6. The zero-order valence-electron chi connectivity index (χ0n) is 32.4. The Balaban J connectivity index is 1.15. The Morgan fingerprint density at radius 1 is 0.283 bits per heavy atom. The van der Waals surface area contributed by atoms with Crippen LogP contribution in [0.5, 0.6) is 0 Å². The van der Waals surface area contributed by atoms with Crippen LogP contribution >= 0.6 is 0 Å². The second-order valence-electron chi connectivity index (χ2n) is 15.2. The van der Waals surface area contributed by atoms with Crippen molar-refractivity contribution in [1.82, 2.24) is 24.1 Å². The normalized spacial score (nSPS) is 11.7. The summed E-state index contributed by atoms with van der Waals surface area (Å²) in [7, 11) is 0. The summed E-state index contributed by atoms with van der Waals surface area (Å²) in [5.41, 5.74) is 12.0. The van der Waals surface area contributed by atoms with Crippen LogP contribution in [0.4, 0.5) is 0 Å². The molecule has 3 aromatic heterocycles. The van der Waals surface area contributed by atoms with Gasteiger partial charge in [-0.25, -0.2) is 4.98 Å². The highest BCUT2D eigenvalue weighted by Gasteiger charge is 2.24. The van der Waals surface area contributed by atoms with Gasteiger partial charge in [0.25, 0.3) is 0 Å². The molecular formula is C55H35N5. The molecule has 0 spiro atoms.